The Balaban J connectivity index is 1.37. The molecule has 0 saturated carbocycles. The fourth-order valence-electron chi connectivity index (χ4n) is 4.51. The fraction of sp³-hybridized carbons (Fsp3) is 0.500. The van der Waals surface area contributed by atoms with Crippen LogP contribution in [0.1, 0.15) is 38.5 Å². The molecule has 1 N–H and O–H groups in total. The van der Waals surface area contributed by atoms with E-state index in [9.17, 15) is 22.8 Å². The first-order valence-corrected chi connectivity index (χ1v) is 12.2. The molecule has 0 radical (unpaired) electrons. The van der Waals surface area contributed by atoms with Gasteiger partial charge in [0.1, 0.15) is 0 Å². The summed E-state index contributed by atoms with van der Waals surface area (Å²) in [7, 11) is -3.59. The van der Waals surface area contributed by atoms with Crippen LogP contribution in [-0.4, -0.2) is 55.0 Å². The molecule has 0 aromatic heterocycles. The third-order valence-corrected chi connectivity index (χ3v) is 8.13. The maximum Gasteiger partial charge on any atom is 0.243 e. The molecule has 2 aliphatic heterocycles. The van der Waals surface area contributed by atoms with Gasteiger partial charge in [0.15, 0.2) is 0 Å². The number of piperidine rings is 1. The van der Waals surface area contributed by atoms with Gasteiger partial charge in [-0.05, 0) is 43.9 Å². The second-order valence-corrected chi connectivity index (χ2v) is 10.2. The molecule has 2 fully saturated rings. The Kier molecular flexibility index (Phi) is 6.24. The second-order valence-electron chi connectivity index (χ2n) is 8.27. The van der Waals surface area contributed by atoms with Crippen molar-refractivity contribution in [3.05, 3.63) is 36.4 Å². The fourth-order valence-corrected chi connectivity index (χ4v) is 6.08. The summed E-state index contributed by atoms with van der Waals surface area (Å²) in [4.78, 5) is 38.8. The summed E-state index contributed by atoms with van der Waals surface area (Å²) in [5, 5.41) is 2.69. The van der Waals surface area contributed by atoms with Crippen molar-refractivity contribution < 1.29 is 22.8 Å². The van der Waals surface area contributed by atoms with Crippen molar-refractivity contribution >= 4 is 33.4 Å². The van der Waals surface area contributed by atoms with E-state index in [1.165, 1.54) is 21.3 Å². The van der Waals surface area contributed by atoms with E-state index in [0.29, 0.717) is 31.6 Å². The third kappa shape index (κ3) is 4.43. The standard InChI is InChI=1S/C22H27N3O5S/c26-20(11-14-25-21(27)18-9-2-3-10-19(18)22(25)28)23-16-7-6-8-17(15-16)31(29,30)24-12-4-1-5-13-24/h2-3,6-8,15,18-19H,1,4-5,9-14H2,(H,23,26)/t18-,19-/m1/s1. The quantitative estimate of drug-likeness (QED) is 0.534. The van der Waals surface area contributed by atoms with Gasteiger partial charge in [-0.2, -0.15) is 4.31 Å². The van der Waals surface area contributed by atoms with Crippen molar-refractivity contribution in [3.8, 4) is 0 Å². The molecule has 31 heavy (non-hydrogen) atoms. The average Bonchev–Trinajstić information content (AvgIpc) is 3.03. The highest BCUT2D eigenvalue weighted by Crippen LogP contribution is 2.35. The van der Waals surface area contributed by atoms with Gasteiger partial charge in [-0.25, -0.2) is 8.42 Å². The average molecular weight is 446 g/mol. The Morgan fingerprint density at radius 2 is 1.65 bits per heavy atom. The number of hydrogen-bond donors (Lipinski definition) is 1. The lowest BCUT2D eigenvalue weighted by molar-refractivity contribution is -0.140. The van der Waals surface area contributed by atoms with E-state index in [2.05, 4.69) is 5.32 Å². The Labute approximate surface area is 182 Å². The molecular formula is C22H27N3O5S. The highest BCUT2D eigenvalue weighted by molar-refractivity contribution is 7.89. The van der Waals surface area contributed by atoms with Gasteiger partial charge in [0, 0.05) is 31.7 Å². The summed E-state index contributed by atoms with van der Waals surface area (Å²) >= 11 is 0. The number of fused-ring (bicyclic) bond motifs is 1. The zero-order chi connectivity index (χ0) is 22.0. The molecule has 8 nitrogen and oxygen atoms in total. The van der Waals surface area contributed by atoms with Crippen molar-refractivity contribution in [3.63, 3.8) is 0 Å². The van der Waals surface area contributed by atoms with Gasteiger partial charge >= 0.3 is 0 Å². The summed E-state index contributed by atoms with van der Waals surface area (Å²) in [6.07, 6.45) is 7.67. The van der Waals surface area contributed by atoms with Gasteiger partial charge in [-0.15, -0.1) is 0 Å². The van der Waals surface area contributed by atoms with Crippen LogP contribution in [0.2, 0.25) is 0 Å². The summed E-state index contributed by atoms with van der Waals surface area (Å²) in [5.74, 6) is -1.40. The monoisotopic (exact) mass is 445 g/mol. The van der Waals surface area contributed by atoms with Crippen LogP contribution in [0.4, 0.5) is 5.69 Å². The molecule has 2 heterocycles. The molecule has 0 spiro atoms. The smallest absolute Gasteiger partial charge is 0.243 e. The van der Waals surface area contributed by atoms with Crippen molar-refractivity contribution in [2.75, 3.05) is 25.0 Å². The highest BCUT2D eigenvalue weighted by Gasteiger charge is 2.46. The minimum atomic E-state index is -3.59. The van der Waals surface area contributed by atoms with Gasteiger partial charge in [0.05, 0.1) is 16.7 Å². The van der Waals surface area contributed by atoms with Crippen molar-refractivity contribution in [2.45, 2.75) is 43.4 Å². The number of carbonyl (C=O) groups excluding carboxylic acids is 3. The van der Waals surface area contributed by atoms with Crippen LogP contribution in [0.3, 0.4) is 0 Å². The molecule has 3 amide bonds. The molecule has 2 saturated heterocycles. The Bertz CT molecular complexity index is 988. The number of benzene rings is 1. The highest BCUT2D eigenvalue weighted by atomic mass is 32.2. The van der Waals surface area contributed by atoms with Crippen LogP contribution in [0.15, 0.2) is 41.3 Å². The number of nitrogens with one attached hydrogen (secondary N) is 1. The lowest BCUT2D eigenvalue weighted by Gasteiger charge is -2.26. The van der Waals surface area contributed by atoms with Crippen molar-refractivity contribution in [2.24, 2.45) is 11.8 Å². The molecule has 1 aliphatic carbocycles. The normalized spacial score (nSPS) is 24.3. The van der Waals surface area contributed by atoms with Crippen LogP contribution >= 0.6 is 0 Å². The minimum Gasteiger partial charge on any atom is -0.326 e. The van der Waals surface area contributed by atoms with E-state index in [0.717, 1.165) is 19.3 Å². The maximum absolute atomic E-state index is 12.8. The van der Waals surface area contributed by atoms with Crippen molar-refractivity contribution in [1.82, 2.24) is 9.21 Å². The zero-order valence-corrected chi connectivity index (χ0v) is 18.1. The topological polar surface area (TPSA) is 104 Å². The molecule has 4 rings (SSSR count). The third-order valence-electron chi connectivity index (χ3n) is 6.23. The number of likely N-dealkylation sites (tertiary alicyclic amines) is 1. The summed E-state index contributed by atoms with van der Waals surface area (Å²) in [6.45, 7) is 1.05. The van der Waals surface area contributed by atoms with Crippen molar-refractivity contribution in [1.29, 1.82) is 0 Å². The molecule has 166 valence electrons. The van der Waals surface area contributed by atoms with E-state index >= 15 is 0 Å². The van der Waals surface area contributed by atoms with E-state index in [4.69, 9.17) is 0 Å². The predicted octanol–water partition coefficient (Wildman–Crippen LogP) is 2.14. The molecular weight excluding hydrogens is 418 g/mol. The first-order chi connectivity index (χ1) is 14.9. The Morgan fingerprint density at radius 3 is 2.29 bits per heavy atom. The molecule has 0 unspecified atom stereocenters. The summed E-state index contributed by atoms with van der Waals surface area (Å²) in [6, 6.07) is 6.20. The molecule has 1 aromatic rings. The Hall–Kier alpha value is -2.52. The largest absolute Gasteiger partial charge is 0.326 e. The number of carbonyl (C=O) groups is 3. The van der Waals surface area contributed by atoms with Crippen LogP contribution in [0.5, 0.6) is 0 Å². The minimum absolute atomic E-state index is 0.0300. The van der Waals surface area contributed by atoms with Gasteiger partial charge in [0.2, 0.25) is 27.7 Å². The second kappa shape index (κ2) is 8.92. The van der Waals surface area contributed by atoms with Crippen LogP contribution in [0, 0.1) is 11.8 Å². The number of sulfonamides is 1. The van der Waals surface area contributed by atoms with E-state index in [1.54, 1.807) is 12.1 Å². The lowest BCUT2D eigenvalue weighted by atomic mass is 9.85. The summed E-state index contributed by atoms with van der Waals surface area (Å²) in [5.41, 5.74) is 0.375. The number of nitrogens with zero attached hydrogens (tertiary/aromatic N) is 2. The number of amides is 3. The SMILES string of the molecule is O=C(CCN1C(=O)[C@@H]2CC=CC[C@H]2C1=O)Nc1cccc(S(=O)(=O)N2CCCCC2)c1. The number of allylic oxidation sites excluding steroid dienone is 2. The molecule has 3 aliphatic rings. The van der Waals surface area contributed by atoms with E-state index in [1.807, 2.05) is 12.2 Å². The van der Waals surface area contributed by atoms with Gasteiger partial charge in [0.25, 0.3) is 0 Å². The predicted molar refractivity (Wildman–Crippen MR) is 114 cm³/mol. The van der Waals surface area contributed by atoms with Crippen LogP contribution in [0.25, 0.3) is 0 Å². The first-order valence-electron chi connectivity index (χ1n) is 10.8. The van der Waals surface area contributed by atoms with Gasteiger partial charge in [-0.3, -0.25) is 19.3 Å². The van der Waals surface area contributed by atoms with Gasteiger partial charge < -0.3 is 5.32 Å². The molecule has 0 bridgehead atoms. The Morgan fingerprint density at radius 1 is 1.00 bits per heavy atom. The molecule has 2 atom stereocenters. The summed E-state index contributed by atoms with van der Waals surface area (Å²) < 4.78 is 27.2. The molecule has 9 heteroatoms. The number of rotatable bonds is 6. The zero-order valence-electron chi connectivity index (χ0n) is 17.3. The number of hydrogen-bond acceptors (Lipinski definition) is 5. The number of imide groups is 1. The van der Waals surface area contributed by atoms with Gasteiger partial charge in [-0.1, -0.05) is 24.6 Å². The van der Waals surface area contributed by atoms with E-state index < -0.39 is 10.0 Å². The van der Waals surface area contributed by atoms with Crippen LogP contribution < -0.4 is 5.32 Å². The van der Waals surface area contributed by atoms with E-state index in [-0.39, 0.29) is 47.4 Å². The molecule has 1 aromatic carbocycles. The lowest BCUT2D eigenvalue weighted by Crippen LogP contribution is -2.35. The van der Waals surface area contributed by atoms with Crippen LogP contribution in [-0.2, 0) is 24.4 Å². The maximum atomic E-state index is 12.8. The number of anilines is 1. The first kappa shape index (κ1) is 21.7.